The summed E-state index contributed by atoms with van der Waals surface area (Å²) < 4.78 is 19.4. The number of nitrogens with zero attached hydrogens (tertiary/aromatic N) is 4. The molecule has 0 saturated carbocycles. The first-order valence-electron chi connectivity index (χ1n) is 9.53. The van der Waals surface area contributed by atoms with Gasteiger partial charge in [0.05, 0.1) is 43.1 Å². The summed E-state index contributed by atoms with van der Waals surface area (Å²) in [5.41, 5.74) is 8.38. The van der Waals surface area contributed by atoms with E-state index in [1.54, 1.807) is 39.0 Å². The lowest BCUT2D eigenvalue weighted by molar-refractivity contribution is 0.324. The number of anilines is 1. The van der Waals surface area contributed by atoms with E-state index in [1.807, 2.05) is 39.2 Å². The summed E-state index contributed by atoms with van der Waals surface area (Å²) in [5, 5.41) is 2.98. The lowest BCUT2D eigenvalue weighted by atomic mass is 10.1. The van der Waals surface area contributed by atoms with Crippen LogP contribution in [0.15, 0.2) is 41.1 Å². The van der Waals surface area contributed by atoms with Gasteiger partial charge in [-0.3, -0.25) is 10.6 Å². The summed E-state index contributed by atoms with van der Waals surface area (Å²) in [6, 6.07) is 5.75. The van der Waals surface area contributed by atoms with Gasteiger partial charge < -0.3 is 18.8 Å². The molecule has 0 saturated heterocycles. The number of methoxy groups -OCH3 is 3. The number of benzene rings is 1. The number of rotatable bonds is 6. The fraction of sp³-hybridized carbons (Fsp3) is 0.333. The Labute approximate surface area is 178 Å². The van der Waals surface area contributed by atoms with E-state index < -0.39 is 6.29 Å². The minimum absolute atomic E-state index is 0.260. The molecule has 4 rings (SSSR count). The largest absolute Gasteiger partial charge is 0.493 e. The van der Waals surface area contributed by atoms with Gasteiger partial charge in [0.1, 0.15) is 6.33 Å². The highest BCUT2D eigenvalue weighted by atomic mass is 32.1. The summed E-state index contributed by atoms with van der Waals surface area (Å²) >= 11 is 1.67. The molecule has 0 amide bonds. The van der Waals surface area contributed by atoms with Gasteiger partial charge in [-0.25, -0.2) is 9.98 Å². The molecule has 0 spiro atoms. The number of nitrogens with two attached hydrogens (primary N) is 1. The standard InChI is InChI=1S/C21H25N5O3S/c1-12(2)18-20-14(6-7-30-20)24-21(22)26(18)17-10-25(11-23-17)13-8-15(27-3)19(29-5)16(9-13)28-4/h6-12,21H,22H2,1-5H3. The second-order valence-electron chi connectivity index (χ2n) is 7.11. The van der Waals surface area contributed by atoms with Crippen molar-refractivity contribution in [1.82, 2.24) is 9.55 Å². The van der Waals surface area contributed by atoms with Crippen molar-refractivity contribution in [2.75, 3.05) is 26.2 Å². The first-order chi connectivity index (χ1) is 14.5. The first-order valence-corrected chi connectivity index (χ1v) is 10.4. The third-order valence-corrected chi connectivity index (χ3v) is 5.91. The summed E-state index contributed by atoms with van der Waals surface area (Å²) in [6.45, 7) is 4.31. The molecule has 1 aliphatic heterocycles. The summed E-state index contributed by atoms with van der Waals surface area (Å²) in [4.78, 5) is 11.3. The van der Waals surface area contributed by atoms with E-state index in [0.29, 0.717) is 17.2 Å². The Morgan fingerprint density at radius 2 is 1.80 bits per heavy atom. The quantitative estimate of drug-likeness (QED) is 0.648. The van der Waals surface area contributed by atoms with E-state index in [-0.39, 0.29) is 5.92 Å². The number of hydrogen-bond donors (Lipinski definition) is 1. The molecule has 0 fully saturated rings. The molecule has 1 atom stereocenters. The van der Waals surface area contributed by atoms with Gasteiger partial charge in [0.2, 0.25) is 5.75 Å². The van der Waals surface area contributed by atoms with E-state index in [1.165, 1.54) is 0 Å². The Balaban J connectivity index is 1.80. The third kappa shape index (κ3) is 3.29. The summed E-state index contributed by atoms with van der Waals surface area (Å²) in [5.74, 6) is 2.67. The van der Waals surface area contributed by atoms with Crippen molar-refractivity contribution in [2.45, 2.75) is 20.1 Å². The molecule has 30 heavy (non-hydrogen) atoms. The number of aromatic nitrogens is 2. The van der Waals surface area contributed by atoms with Crippen LogP contribution in [0.2, 0.25) is 0 Å². The second kappa shape index (κ2) is 8.00. The summed E-state index contributed by atoms with van der Waals surface area (Å²) in [7, 11) is 4.77. The van der Waals surface area contributed by atoms with Gasteiger partial charge in [-0.2, -0.15) is 0 Å². The van der Waals surface area contributed by atoms with Crippen molar-refractivity contribution >= 4 is 22.9 Å². The molecule has 9 heteroatoms. The number of hydrogen-bond acceptors (Lipinski definition) is 8. The number of fused-ring (bicyclic) bond motifs is 1. The molecule has 1 aliphatic rings. The second-order valence-corrected chi connectivity index (χ2v) is 8.03. The van der Waals surface area contributed by atoms with Crippen molar-refractivity contribution in [1.29, 1.82) is 0 Å². The van der Waals surface area contributed by atoms with Gasteiger partial charge in [-0.15, -0.1) is 11.3 Å². The monoisotopic (exact) mass is 427 g/mol. The molecule has 2 aromatic heterocycles. The zero-order valence-electron chi connectivity index (χ0n) is 17.6. The molecule has 3 heterocycles. The zero-order chi connectivity index (χ0) is 21.4. The predicted octanol–water partition coefficient (Wildman–Crippen LogP) is 2.11. The van der Waals surface area contributed by atoms with Crippen LogP contribution in [0.3, 0.4) is 0 Å². The van der Waals surface area contributed by atoms with Crippen molar-refractivity contribution < 1.29 is 14.2 Å². The Bertz CT molecular complexity index is 1160. The molecule has 3 aromatic rings. The minimum atomic E-state index is -0.534. The SMILES string of the molecule is COc1cc(-n2cnc(N3C(C(C)C)=c4sccc4=NC3N)c2)cc(OC)c1OC. The highest BCUT2D eigenvalue weighted by Gasteiger charge is 2.27. The van der Waals surface area contributed by atoms with E-state index in [4.69, 9.17) is 19.9 Å². The molecule has 8 nitrogen and oxygen atoms in total. The van der Waals surface area contributed by atoms with Crippen LogP contribution in [0.25, 0.3) is 11.4 Å². The van der Waals surface area contributed by atoms with Crippen LogP contribution in [0, 0.1) is 5.92 Å². The predicted molar refractivity (Wildman–Crippen MR) is 117 cm³/mol. The average Bonchev–Trinajstić information content (AvgIpc) is 3.40. The van der Waals surface area contributed by atoms with E-state index in [9.17, 15) is 0 Å². The molecule has 1 unspecified atom stereocenters. The maximum Gasteiger partial charge on any atom is 0.203 e. The van der Waals surface area contributed by atoms with Crippen molar-refractivity contribution in [2.24, 2.45) is 16.6 Å². The van der Waals surface area contributed by atoms with Crippen LogP contribution < -0.4 is 34.7 Å². The average molecular weight is 428 g/mol. The van der Waals surface area contributed by atoms with E-state index >= 15 is 0 Å². The zero-order valence-corrected chi connectivity index (χ0v) is 18.4. The normalized spacial score (nSPS) is 15.8. The van der Waals surface area contributed by atoms with Gasteiger partial charge in [-0.05, 0) is 17.4 Å². The van der Waals surface area contributed by atoms with Crippen molar-refractivity contribution in [3.8, 4) is 22.9 Å². The maximum absolute atomic E-state index is 6.43. The van der Waals surface area contributed by atoms with E-state index in [2.05, 4.69) is 23.8 Å². The van der Waals surface area contributed by atoms with Gasteiger partial charge in [0.15, 0.2) is 23.6 Å². The smallest absolute Gasteiger partial charge is 0.203 e. The Morgan fingerprint density at radius 3 is 2.40 bits per heavy atom. The Hall–Kier alpha value is -3.04. The Kier molecular flexibility index (Phi) is 5.40. The molecule has 1 aromatic carbocycles. The molecule has 158 valence electrons. The lowest BCUT2D eigenvalue weighted by Gasteiger charge is -2.32. The highest BCUT2D eigenvalue weighted by molar-refractivity contribution is 7.07. The molecule has 2 N–H and O–H groups in total. The fourth-order valence-corrected chi connectivity index (χ4v) is 4.67. The molecule has 0 radical (unpaired) electrons. The topological polar surface area (TPSA) is 87.1 Å². The van der Waals surface area contributed by atoms with Crippen LogP contribution in [0.1, 0.15) is 13.8 Å². The molecule has 0 bridgehead atoms. The van der Waals surface area contributed by atoms with Crippen LogP contribution in [-0.4, -0.2) is 37.2 Å². The van der Waals surface area contributed by atoms with Gasteiger partial charge in [0, 0.05) is 17.8 Å². The number of thiophene rings is 1. The van der Waals surface area contributed by atoms with Gasteiger partial charge in [0.25, 0.3) is 0 Å². The van der Waals surface area contributed by atoms with E-state index in [0.717, 1.165) is 27.1 Å². The van der Waals surface area contributed by atoms with Crippen molar-refractivity contribution in [3.05, 3.63) is 46.0 Å². The molecular formula is C21H25N5O3S. The number of ether oxygens (including phenoxy) is 3. The van der Waals surface area contributed by atoms with Crippen LogP contribution in [0.4, 0.5) is 5.82 Å². The third-order valence-electron chi connectivity index (χ3n) is 4.98. The molecular weight excluding hydrogens is 402 g/mol. The van der Waals surface area contributed by atoms with Crippen molar-refractivity contribution in [3.63, 3.8) is 0 Å². The number of imidazole rings is 1. The maximum atomic E-state index is 6.43. The minimum Gasteiger partial charge on any atom is -0.493 e. The van der Waals surface area contributed by atoms with Crippen LogP contribution in [-0.2, 0) is 0 Å². The van der Waals surface area contributed by atoms with Gasteiger partial charge >= 0.3 is 0 Å². The van der Waals surface area contributed by atoms with Gasteiger partial charge in [-0.1, -0.05) is 13.8 Å². The fourth-order valence-electron chi connectivity index (χ4n) is 3.64. The lowest BCUT2D eigenvalue weighted by Crippen LogP contribution is -2.50. The van der Waals surface area contributed by atoms with Crippen LogP contribution in [0.5, 0.6) is 17.2 Å². The molecule has 0 aliphatic carbocycles. The first kappa shape index (κ1) is 20.2. The summed E-state index contributed by atoms with van der Waals surface area (Å²) in [6.07, 6.45) is 3.13. The highest BCUT2D eigenvalue weighted by Crippen LogP contribution is 2.39. The Morgan fingerprint density at radius 1 is 1.10 bits per heavy atom. The van der Waals surface area contributed by atoms with Crippen LogP contribution >= 0.6 is 11.3 Å².